The van der Waals surface area contributed by atoms with Crippen LogP contribution in [0.2, 0.25) is 0 Å². The van der Waals surface area contributed by atoms with Crippen LogP contribution < -0.4 is 10.2 Å². The van der Waals surface area contributed by atoms with Gasteiger partial charge in [-0.3, -0.25) is 0 Å². The van der Waals surface area contributed by atoms with Crippen LogP contribution in [0.5, 0.6) is 0 Å². The SMILES string of the molecule is CCCN(CC)c1ccc(C(C)NCC)c(Br)c1. The first-order valence-corrected chi connectivity index (χ1v) is 7.71. The van der Waals surface area contributed by atoms with Crippen LogP contribution >= 0.6 is 15.9 Å². The van der Waals surface area contributed by atoms with Crippen molar-refractivity contribution in [3.05, 3.63) is 28.2 Å². The van der Waals surface area contributed by atoms with Crippen LogP contribution in [-0.2, 0) is 0 Å². The Morgan fingerprint density at radius 2 is 2.00 bits per heavy atom. The number of hydrogen-bond acceptors (Lipinski definition) is 2. The van der Waals surface area contributed by atoms with Gasteiger partial charge in [0.05, 0.1) is 0 Å². The molecule has 1 aromatic carbocycles. The van der Waals surface area contributed by atoms with Crippen LogP contribution in [0.15, 0.2) is 22.7 Å². The third-order valence-electron chi connectivity index (χ3n) is 3.20. The fraction of sp³-hybridized carbons (Fsp3) is 0.600. The Hall–Kier alpha value is -0.540. The predicted molar refractivity (Wildman–Crippen MR) is 84.4 cm³/mol. The highest BCUT2D eigenvalue weighted by Crippen LogP contribution is 2.28. The molecule has 0 saturated heterocycles. The smallest absolute Gasteiger partial charge is 0.0377 e. The third-order valence-corrected chi connectivity index (χ3v) is 3.89. The first kappa shape index (κ1) is 15.5. The largest absolute Gasteiger partial charge is 0.372 e. The van der Waals surface area contributed by atoms with E-state index < -0.39 is 0 Å². The molecule has 0 aliphatic carbocycles. The van der Waals surface area contributed by atoms with Crippen molar-refractivity contribution in [2.24, 2.45) is 0 Å². The Balaban J connectivity index is 2.90. The van der Waals surface area contributed by atoms with E-state index in [9.17, 15) is 0 Å². The molecule has 0 radical (unpaired) electrons. The number of nitrogens with zero attached hydrogens (tertiary/aromatic N) is 1. The van der Waals surface area contributed by atoms with Crippen molar-refractivity contribution in [3.63, 3.8) is 0 Å². The lowest BCUT2D eigenvalue weighted by Crippen LogP contribution is -2.23. The van der Waals surface area contributed by atoms with Gasteiger partial charge in [-0.15, -0.1) is 0 Å². The number of hydrogen-bond donors (Lipinski definition) is 1. The molecule has 0 aliphatic heterocycles. The second-order valence-electron chi connectivity index (χ2n) is 4.56. The van der Waals surface area contributed by atoms with Crippen molar-refractivity contribution >= 4 is 21.6 Å². The minimum Gasteiger partial charge on any atom is -0.372 e. The molecule has 1 rings (SSSR count). The zero-order valence-electron chi connectivity index (χ0n) is 12.0. The monoisotopic (exact) mass is 312 g/mol. The van der Waals surface area contributed by atoms with Gasteiger partial charge in [0.25, 0.3) is 0 Å². The molecule has 0 bridgehead atoms. The molecular formula is C15H25BrN2. The highest BCUT2D eigenvalue weighted by Gasteiger charge is 2.10. The second-order valence-corrected chi connectivity index (χ2v) is 5.42. The van der Waals surface area contributed by atoms with E-state index in [1.54, 1.807) is 0 Å². The van der Waals surface area contributed by atoms with Crippen LogP contribution in [0.4, 0.5) is 5.69 Å². The van der Waals surface area contributed by atoms with E-state index in [0.29, 0.717) is 6.04 Å². The summed E-state index contributed by atoms with van der Waals surface area (Å²) in [5, 5.41) is 3.45. The summed E-state index contributed by atoms with van der Waals surface area (Å²) in [6, 6.07) is 7.08. The zero-order valence-corrected chi connectivity index (χ0v) is 13.5. The molecule has 0 amide bonds. The summed E-state index contributed by atoms with van der Waals surface area (Å²) in [6.07, 6.45) is 1.18. The zero-order chi connectivity index (χ0) is 13.5. The summed E-state index contributed by atoms with van der Waals surface area (Å²) in [6.45, 7) is 11.9. The third kappa shape index (κ3) is 3.99. The molecule has 1 unspecified atom stereocenters. The van der Waals surface area contributed by atoms with Crippen LogP contribution in [0.3, 0.4) is 0 Å². The fourth-order valence-electron chi connectivity index (χ4n) is 2.22. The number of nitrogens with one attached hydrogen (secondary N) is 1. The van der Waals surface area contributed by atoms with Gasteiger partial charge >= 0.3 is 0 Å². The molecular weight excluding hydrogens is 288 g/mol. The Bertz CT molecular complexity index is 366. The van der Waals surface area contributed by atoms with E-state index in [1.165, 1.54) is 22.1 Å². The average molecular weight is 313 g/mol. The topological polar surface area (TPSA) is 15.3 Å². The molecule has 102 valence electrons. The maximum atomic E-state index is 3.70. The van der Waals surface area contributed by atoms with Crippen molar-refractivity contribution in [1.29, 1.82) is 0 Å². The lowest BCUT2D eigenvalue weighted by molar-refractivity contribution is 0.596. The maximum absolute atomic E-state index is 3.70. The quantitative estimate of drug-likeness (QED) is 0.805. The molecule has 0 aromatic heterocycles. The van der Waals surface area contributed by atoms with Crippen LogP contribution in [0.1, 0.15) is 45.7 Å². The number of halogens is 1. The summed E-state index contributed by atoms with van der Waals surface area (Å²) in [5.41, 5.74) is 2.63. The predicted octanol–water partition coefficient (Wildman–Crippen LogP) is 4.36. The Morgan fingerprint density at radius 3 is 2.50 bits per heavy atom. The minimum absolute atomic E-state index is 0.389. The standard InChI is InChI=1S/C15H25BrN2/c1-5-10-18(7-3)13-8-9-14(15(16)11-13)12(4)17-6-2/h8-9,11-12,17H,5-7,10H2,1-4H3. The molecule has 0 fully saturated rings. The molecule has 18 heavy (non-hydrogen) atoms. The number of anilines is 1. The van der Waals surface area contributed by atoms with E-state index in [0.717, 1.165) is 19.6 Å². The van der Waals surface area contributed by atoms with Gasteiger partial charge in [-0.1, -0.05) is 35.8 Å². The van der Waals surface area contributed by atoms with Crippen LogP contribution in [0, 0.1) is 0 Å². The van der Waals surface area contributed by atoms with Gasteiger partial charge in [0.1, 0.15) is 0 Å². The van der Waals surface area contributed by atoms with Crippen LogP contribution in [-0.4, -0.2) is 19.6 Å². The van der Waals surface area contributed by atoms with Crippen LogP contribution in [0.25, 0.3) is 0 Å². The normalized spacial score (nSPS) is 12.5. The minimum atomic E-state index is 0.389. The van der Waals surface area contributed by atoms with E-state index in [2.05, 4.69) is 72.0 Å². The van der Waals surface area contributed by atoms with Crippen molar-refractivity contribution in [3.8, 4) is 0 Å². The highest BCUT2D eigenvalue weighted by atomic mass is 79.9. The summed E-state index contributed by atoms with van der Waals surface area (Å²) in [4.78, 5) is 2.41. The molecule has 0 spiro atoms. The summed E-state index contributed by atoms with van der Waals surface area (Å²) in [7, 11) is 0. The first-order valence-electron chi connectivity index (χ1n) is 6.91. The highest BCUT2D eigenvalue weighted by molar-refractivity contribution is 9.10. The van der Waals surface area contributed by atoms with Gasteiger partial charge in [0.15, 0.2) is 0 Å². The maximum Gasteiger partial charge on any atom is 0.0377 e. The van der Waals surface area contributed by atoms with Gasteiger partial charge in [0, 0.05) is 29.3 Å². The van der Waals surface area contributed by atoms with Crippen molar-refractivity contribution in [1.82, 2.24) is 5.32 Å². The van der Waals surface area contributed by atoms with Gasteiger partial charge < -0.3 is 10.2 Å². The van der Waals surface area contributed by atoms with Gasteiger partial charge in [0.2, 0.25) is 0 Å². The van der Waals surface area contributed by atoms with E-state index in [1.807, 2.05) is 0 Å². The van der Waals surface area contributed by atoms with Gasteiger partial charge in [-0.05, 0) is 44.5 Å². The van der Waals surface area contributed by atoms with Gasteiger partial charge in [-0.2, -0.15) is 0 Å². The molecule has 1 atom stereocenters. The van der Waals surface area contributed by atoms with Crippen molar-refractivity contribution in [2.75, 3.05) is 24.5 Å². The molecule has 0 saturated carbocycles. The van der Waals surface area contributed by atoms with E-state index in [4.69, 9.17) is 0 Å². The van der Waals surface area contributed by atoms with E-state index >= 15 is 0 Å². The Morgan fingerprint density at radius 1 is 1.28 bits per heavy atom. The average Bonchev–Trinajstić information content (AvgIpc) is 2.36. The lowest BCUT2D eigenvalue weighted by atomic mass is 10.1. The summed E-state index contributed by atoms with van der Waals surface area (Å²) < 4.78 is 1.20. The first-order chi connectivity index (χ1) is 8.63. The molecule has 0 heterocycles. The molecule has 3 heteroatoms. The Labute approximate surface area is 120 Å². The van der Waals surface area contributed by atoms with Crippen molar-refractivity contribution in [2.45, 2.75) is 40.2 Å². The van der Waals surface area contributed by atoms with E-state index in [-0.39, 0.29) is 0 Å². The van der Waals surface area contributed by atoms with Crippen molar-refractivity contribution < 1.29 is 0 Å². The summed E-state index contributed by atoms with van der Waals surface area (Å²) >= 11 is 3.70. The molecule has 1 N–H and O–H groups in total. The second kappa shape index (κ2) is 7.80. The van der Waals surface area contributed by atoms with Gasteiger partial charge in [-0.25, -0.2) is 0 Å². The number of rotatable bonds is 7. The lowest BCUT2D eigenvalue weighted by Gasteiger charge is -2.24. The summed E-state index contributed by atoms with van der Waals surface area (Å²) in [5.74, 6) is 0. The fourth-order valence-corrected chi connectivity index (χ4v) is 2.93. The number of benzene rings is 1. The molecule has 2 nitrogen and oxygen atoms in total. The molecule has 1 aromatic rings. The Kier molecular flexibility index (Phi) is 6.72. The molecule has 0 aliphatic rings.